The van der Waals surface area contributed by atoms with Crippen molar-refractivity contribution >= 4 is 11.4 Å². The van der Waals surface area contributed by atoms with Gasteiger partial charge < -0.3 is 9.64 Å². The second kappa shape index (κ2) is 6.59. The third-order valence-corrected chi connectivity index (χ3v) is 4.36. The molecule has 1 fully saturated rings. The van der Waals surface area contributed by atoms with Gasteiger partial charge in [0.1, 0.15) is 11.4 Å². The van der Waals surface area contributed by atoms with Crippen molar-refractivity contribution in [3.63, 3.8) is 0 Å². The quantitative estimate of drug-likeness (QED) is 0.631. The zero-order valence-electron chi connectivity index (χ0n) is 13.3. The van der Waals surface area contributed by atoms with Crippen molar-refractivity contribution in [1.29, 1.82) is 5.26 Å². The number of hydrogen-bond acceptors (Lipinski definition) is 5. The van der Waals surface area contributed by atoms with Crippen LogP contribution in [0.2, 0.25) is 0 Å². The van der Waals surface area contributed by atoms with Crippen LogP contribution in [0.3, 0.4) is 0 Å². The second-order valence-corrected chi connectivity index (χ2v) is 5.70. The lowest BCUT2D eigenvalue weighted by Crippen LogP contribution is -2.23. The van der Waals surface area contributed by atoms with E-state index in [1.165, 1.54) is 12.1 Å². The van der Waals surface area contributed by atoms with Gasteiger partial charge in [-0.3, -0.25) is 10.1 Å². The van der Waals surface area contributed by atoms with Gasteiger partial charge in [0.2, 0.25) is 0 Å². The van der Waals surface area contributed by atoms with Gasteiger partial charge in [-0.25, -0.2) is 0 Å². The van der Waals surface area contributed by atoms with Crippen LogP contribution in [-0.4, -0.2) is 18.6 Å². The summed E-state index contributed by atoms with van der Waals surface area (Å²) in [6.45, 7) is 0.729. The highest BCUT2D eigenvalue weighted by molar-refractivity contribution is 5.67. The van der Waals surface area contributed by atoms with Crippen molar-refractivity contribution < 1.29 is 9.66 Å². The number of nitriles is 1. The van der Waals surface area contributed by atoms with Crippen molar-refractivity contribution in [1.82, 2.24) is 0 Å². The summed E-state index contributed by atoms with van der Waals surface area (Å²) in [6, 6.07) is 14.4. The summed E-state index contributed by atoms with van der Waals surface area (Å²) < 4.78 is 5.19. The maximum absolute atomic E-state index is 11.4. The molecule has 0 N–H and O–H groups in total. The van der Waals surface area contributed by atoms with Gasteiger partial charge in [-0.1, -0.05) is 12.1 Å². The fourth-order valence-corrected chi connectivity index (χ4v) is 3.21. The Hall–Kier alpha value is -3.07. The average molecular weight is 323 g/mol. The Morgan fingerprint density at radius 2 is 2.04 bits per heavy atom. The minimum absolute atomic E-state index is 0.0365. The smallest absolute Gasteiger partial charge is 0.292 e. The number of hydrogen-bond donors (Lipinski definition) is 0. The molecular formula is C18H17N3O3. The van der Waals surface area contributed by atoms with E-state index >= 15 is 0 Å². The molecule has 1 aliphatic rings. The first-order valence-corrected chi connectivity index (χ1v) is 7.73. The molecule has 0 aromatic heterocycles. The van der Waals surface area contributed by atoms with Gasteiger partial charge >= 0.3 is 0 Å². The van der Waals surface area contributed by atoms with Crippen LogP contribution in [0.1, 0.15) is 30.0 Å². The SMILES string of the molecule is COc1ccc(C2CCCN2c2cc(C#N)ccc2[N+](=O)[O-])cc1. The molecule has 24 heavy (non-hydrogen) atoms. The van der Waals surface area contributed by atoms with Crippen LogP contribution in [0.4, 0.5) is 11.4 Å². The Balaban J connectivity index is 2.01. The van der Waals surface area contributed by atoms with E-state index in [0.29, 0.717) is 11.3 Å². The van der Waals surface area contributed by atoms with E-state index in [1.54, 1.807) is 13.2 Å². The molecule has 2 aromatic rings. The van der Waals surface area contributed by atoms with Crippen LogP contribution < -0.4 is 9.64 Å². The summed E-state index contributed by atoms with van der Waals surface area (Å²) in [5.74, 6) is 0.778. The van der Waals surface area contributed by atoms with E-state index in [9.17, 15) is 10.1 Å². The summed E-state index contributed by atoms with van der Waals surface area (Å²) in [7, 11) is 1.62. The molecule has 0 amide bonds. The molecule has 1 unspecified atom stereocenters. The summed E-state index contributed by atoms with van der Waals surface area (Å²) >= 11 is 0. The zero-order chi connectivity index (χ0) is 17.1. The molecule has 1 heterocycles. The molecule has 0 saturated carbocycles. The Morgan fingerprint density at radius 1 is 1.29 bits per heavy atom. The minimum Gasteiger partial charge on any atom is -0.497 e. The van der Waals surface area contributed by atoms with Gasteiger partial charge in [0.15, 0.2) is 0 Å². The van der Waals surface area contributed by atoms with Crippen molar-refractivity contribution in [2.45, 2.75) is 18.9 Å². The first-order chi connectivity index (χ1) is 11.6. The van der Waals surface area contributed by atoms with Crippen LogP contribution in [0.25, 0.3) is 0 Å². The predicted octanol–water partition coefficient (Wildman–Crippen LogP) is 3.82. The molecule has 0 spiro atoms. The fourth-order valence-electron chi connectivity index (χ4n) is 3.21. The van der Waals surface area contributed by atoms with Gasteiger partial charge in [-0.05, 0) is 42.7 Å². The average Bonchev–Trinajstić information content (AvgIpc) is 3.10. The summed E-state index contributed by atoms with van der Waals surface area (Å²) in [4.78, 5) is 13.0. The number of ether oxygens (including phenoxy) is 1. The van der Waals surface area contributed by atoms with Crippen LogP contribution in [0.5, 0.6) is 5.75 Å². The zero-order valence-corrected chi connectivity index (χ0v) is 13.3. The van der Waals surface area contributed by atoms with Crippen molar-refractivity contribution in [2.24, 2.45) is 0 Å². The lowest BCUT2D eigenvalue weighted by molar-refractivity contribution is -0.384. The third-order valence-electron chi connectivity index (χ3n) is 4.36. The van der Waals surface area contributed by atoms with Crippen LogP contribution in [0, 0.1) is 21.4 Å². The van der Waals surface area contributed by atoms with Gasteiger partial charge in [-0.2, -0.15) is 5.26 Å². The topological polar surface area (TPSA) is 79.4 Å². The van der Waals surface area contributed by atoms with E-state index in [-0.39, 0.29) is 16.7 Å². The summed E-state index contributed by atoms with van der Waals surface area (Å²) in [5.41, 5.74) is 2.06. The van der Waals surface area contributed by atoms with Gasteiger partial charge in [0.25, 0.3) is 5.69 Å². The van der Waals surface area contributed by atoms with E-state index < -0.39 is 0 Å². The number of nitro groups is 1. The van der Waals surface area contributed by atoms with E-state index in [1.807, 2.05) is 29.2 Å². The molecule has 6 nitrogen and oxygen atoms in total. The lowest BCUT2D eigenvalue weighted by atomic mass is 10.0. The van der Waals surface area contributed by atoms with Gasteiger partial charge in [0, 0.05) is 12.6 Å². The highest BCUT2D eigenvalue weighted by atomic mass is 16.6. The number of nitro benzene ring substituents is 1. The minimum atomic E-state index is -0.389. The lowest BCUT2D eigenvalue weighted by Gasteiger charge is -2.27. The van der Waals surface area contributed by atoms with Gasteiger partial charge in [0.05, 0.1) is 29.7 Å². The van der Waals surface area contributed by atoms with Crippen LogP contribution in [-0.2, 0) is 0 Å². The van der Waals surface area contributed by atoms with E-state index in [2.05, 4.69) is 6.07 Å². The predicted molar refractivity (Wildman–Crippen MR) is 90.1 cm³/mol. The molecule has 0 radical (unpaired) electrons. The monoisotopic (exact) mass is 323 g/mol. The number of benzene rings is 2. The van der Waals surface area contributed by atoms with Crippen LogP contribution >= 0.6 is 0 Å². The highest BCUT2D eigenvalue weighted by Crippen LogP contribution is 2.41. The van der Waals surface area contributed by atoms with Crippen molar-refractivity contribution in [3.05, 3.63) is 63.7 Å². The molecule has 1 atom stereocenters. The molecule has 6 heteroatoms. The van der Waals surface area contributed by atoms with Gasteiger partial charge in [-0.15, -0.1) is 0 Å². The summed E-state index contributed by atoms with van der Waals surface area (Å²) in [5, 5.41) is 20.5. The van der Waals surface area contributed by atoms with E-state index in [4.69, 9.17) is 10.00 Å². The maximum Gasteiger partial charge on any atom is 0.292 e. The van der Waals surface area contributed by atoms with E-state index in [0.717, 1.165) is 30.7 Å². The molecule has 1 aliphatic heterocycles. The Bertz CT molecular complexity index is 796. The van der Waals surface area contributed by atoms with Crippen molar-refractivity contribution in [3.8, 4) is 11.8 Å². The molecular weight excluding hydrogens is 306 g/mol. The maximum atomic E-state index is 11.4. The molecule has 122 valence electrons. The Labute approximate surface area is 140 Å². The number of anilines is 1. The Morgan fingerprint density at radius 3 is 2.67 bits per heavy atom. The first-order valence-electron chi connectivity index (χ1n) is 7.73. The van der Waals surface area contributed by atoms with Crippen LogP contribution in [0.15, 0.2) is 42.5 Å². The molecule has 3 rings (SSSR count). The molecule has 1 saturated heterocycles. The largest absolute Gasteiger partial charge is 0.497 e. The molecule has 2 aromatic carbocycles. The number of rotatable bonds is 4. The molecule has 0 aliphatic carbocycles. The third kappa shape index (κ3) is 2.88. The summed E-state index contributed by atoms with van der Waals surface area (Å²) in [6.07, 6.45) is 1.87. The molecule has 0 bridgehead atoms. The Kier molecular flexibility index (Phi) is 4.34. The standard InChI is InChI=1S/C18H17N3O3/c1-24-15-7-5-14(6-8-15)16-3-2-10-20(16)18-11-13(12-19)4-9-17(18)21(22)23/h4-9,11,16H,2-3,10H2,1H3. The number of nitrogens with zero attached hydrogens (tertiary/aromatic N) is 3. The normalized spacial score (nSPS) is 16.7. The fraction of sp³-hybridized carbons (Fsp3) is 0.278. The second-order valence-electron chi connectivity index (χ2n) is 5.70. The number of methoxy groups -OCH3 is 1. The first kappa shape index (κ1) is 15.8. The highest BCUT2D eigenvalue weighted by Gasteiger charge is 2.31. The van der Waals surface area contributed by atoms with Crippen molar-refractivity contribution in [2.75, 3.05) is 18.6 Å².